The molecule has 134 valence electrons. The maximum atomic E-state index is 12.5. The summed E-state index contributed by atoms with van der Waals surface area (Å²) in [4.78, 5) is 29.4. The van der Waals surface area contributed by atoms with Crippen molar-refractivity contribution in [2.75, 3.05) is 32.1 Å². The first-order valence-electron chi connectivity index (χ1n) is 8.72. The predicted octanol–water partition coefficient (Wildman–Crippen LogP) is 2.32. The van der Waals surface area contributed by atoms with Crippen LogP contribution in [0, 0.1) is 12.8 Å². The molecule has 3 heterocycles. The van der Waals surface area contributed by atoms with Crippen LogP contribution in [0.3, 0.4) is 0 Å². The van der Waals surface area contributed by atoms with Crippen molar-refractivity contribution in [2.24, 2.45) is 5.92 Å². The van der Waals surface area contributed by atoms with Crippen LogP contribution in [-0.4, -0.2) is 52.9 Å². The molecule has 0 aliphatic carbocycles. The number of anilines is 1. The number of hydrogen-bond donors (Lipinski definition) is 0. The lowest BCUT2D eigenvalue weighted by atomic mass is 9.95. The minimum absolute atomic E-state index is 0.0346. The Kier molecular flexibility index (Phi) is 5.31. The molecule has 0 saturated carbocycles. The van der Waals surface area contributed by atoms with Crippen LogP contribution in [0.2, 0.25) is 0 Å². The van der Waals surface area contributed by atoms with Gasteiger partial charge in [0, 0.05) is 34.1 Å². The van der Waals surface area contributed by atoms with Gasteiger partial charge < -0.3 is 14.2 Å². The van der Waals surface area contributed by atoms with Gasteiger partial charge in [-0.1, -0.05) is 0 Å². The molecule has 25 heavy (non-hydrogen) atoms. The van der Waals surface area contributed by atoms with Crippen LogP contribution in [0.1, 0.15) is 41.3 Å². The van der Waals surface area contributed by atoms with Gasteiger partial charge in [-0.15, -0.1) is 0 Å². The maximum absolute atomic E-state index is 12.5. The van der Waals surface area contributed by atoms with Crippen molar-refractivity contribution in [1.82, 2.24) is 19.9 Å². The zero-order chi connectivity index (χ0) is 17.8. The van der Waals surface area contributed by atoms with E-state index in [4.69, 9.17) is 4.42 Å². The highest BCUT2D eigenvalue weighted by molar-refractivity contribution is 5.92. The molecule has 0 radical (unpaired) electrons. The number of nitrogens with zero attached hydrogens (tertiary/aromatic N) is 5. The summed E-state index contributed by atoms with van der Waals surface area (Å²) in [5, 5.41) is 0. The van der Waals surface area contributed by atoms with Gasteiger partial charge in [0.15, 0.2) is 11.6 Å². The van der Waals surface area contributed by atoms with E-state index in [1.165, 1.54) is 6.26 Å². The fourth-order valence-electron chi connectivity index (χ4n) is 3.18. The summed E-state index contributed by atoms with van der Waals surface area (Å²) in [6.45, 7) is 3.27. The largest absolute Gasteiger partial charge is 0.448 e. The highest BCUT2D eigenvalue weighted by Crippen LogP contribution is 2.22. The lowest BCUT2D eigenvalue weighted by Crippen LogP contribution is -2.32. The first kappa shape index (κ1) is 17.4. The molecule has 1 aliphatic heterocycles. The van der Waals surface area contributed by atoms with E-state index in [-0.39, 0.29) is 5.91 Å². The lowest BCUT2D eigenvalue weighted by Gasteiger charge is -2.19. The van der Waals surface area contributed by atoms with E-state index >= 15 is 0 Å². The van der Waals surface area contributed by atoms with E-state index in [1.807, 2.05) is 36.3 Å². The second kappa shape index (κ2) is 7.63. The average molecular weight is 343 g/mol. The number of amides is 1. The molecule has 3 rings (SSSR count). The van der Waals surface area contributed by atoms with Crippen LogP contribution < -0.4 is 4.90 Å². The molecule has 1 aliphatic rings. The van der Waals surface area contributed by atoms with Gasteiger partial charge in [0.1, 0.15) is 12.1 Å². The van der Waals surface area contributed by atoms with E-state index in [1.54, 1.807) is 6.92 Å². The summed E-state index contributed by atoms with van der Waals surface area (Å²) in [5.41, 5.74) is 1.42. The van der Waals surface area contributed by atoms with Crippen molar-refractivity contribution in [2.45, 2.75) is 32.6 Å². The minimum atomic E-state index is -0.0346. The van der Waals surface area contributed by atoms with Crippen molar-refractivity contribution in [3.05, 3.63) is 35.9 Å². The second-order valence-corrected chi connectivity index (χ2v) is 6.81. The standard InChI is InChI=1S/C18H25N5O2/c1-13-21-16(12-25-13)18(24)23-7-4-5-14(6-8-23)9-15-10-20-17(11-19-15)22(2)3/h10-12,14H,4-9H2,1-3H3/t14-/m1/s1. The average Bonchev–Trinajstić information content (AvgIpc) is 2.90. The summed E-state index contributed by atoms with van der Waals surface area (Å²) in [7, 11) is 3.91. The molecule has 0 bridgehead atoms. The normalized spacial score (nSPS) is 18.0. The highest BCUT2D eigenvalue weighted by atomic mass is 16.3. The third-order valence-corrected chi connectivity index (χ3v) is 4.62. The van der Waals surface area contributed by atoms with Crippen LogP contribution in [-0.2, 0) is 6.42 Å². The Labute approximate surface area is 148 Å². The third kappa shape index (κ3) is 4.35. The van der Waals surface area contributed by atoms with E-state index < -0.39 is 0 Å². The monoisotopic (exact) mass is 343 g/mol. The number of aryl methyl sites for hydroxylation is 1. The van der Waals surface area contributed by atoms with E-state index in [9.17, 15) is 4.79 Å². The molecule has 1 fully saturated rings. The predicted molar refractivity (Wildman–Crippen MR) is 94.5 cm³/mol. The quantitative estimate of drug-likeness (QED) is 0.848. The van der Waals surface area contributed by atoms with E-state index in [0.29, 0.717) is 17.5 Å². The first-order chi connectivity index (χ1) is 12.0. The summed E-state index contributed by atoms with van der Waals surface area (Å²) >= 11 is 0. The van der Waals surface area contributed by atoms with E-state index in [0.717, 1.165) is 50.3 Å². The molecule has 0 spiro atoms. The van der Waals surface area contributed by atoms with Gasteiger partial charge in [-0.05, 0) is 31.6 Å². The lowest BCUT2D eigenvalue weighted by molar-refractivity contribution is 0.0754. The smallest absolute Gasteiger partial charge is 0.275 e. The Balaban J connectivity index is 1.57. The van der Waals surface area contributed by atoms with Crippen molar-refractivity contribution in [1.29, 1.82) is 0 Å². The number of likely N-dealkylation sites (tertiary alicyclic amines) is 1. The van der Waals surface area contributed by atoms with Crippen molar-refractivity contribution >= 4 is 11.7 Å². The Hall–Kier alpha value is -2.44. The van der Waals surface area contributed by atoms with Gasteiger partial charge in [0.2, 0.25) is 0 Å². The van der Waals surface area contributed by atoms with Crippen molar-refractivity contribution in [3.63, 3.8) is 0 Å². The van der Waals surface area contributed by atoms with E-state index in [2.05, 4.69) is 15.0 Å². The number of hydrogen-bond acceptors (Lipinski definition) is 6. The van der Waals surface area contributed by atoms with Crippen LogP contribution in [0.15, 0.2) is 23.1 Å². The Morgan fingerprint density at radius 1 is 1.28 bits per heavy atom. The Bertz CT molecular complexity index is 711. The SMILES string of the molecule is Cc1nc(C(=O)N2CCC[C@@H](Cc3cnc(N(C)C)cn3)CC2)co1. The molecular weight excluding hydrogens is 318 g/mol. The van der Waals surface area contributed by atoms with Crippen molar-refractivity contribution < 1.29 is 9.21 Å². The fraction of sp³-hybridized carbons (Fsp3) is 0.556. The maximum Gasteiger partial charge on any atom is 0.275 e. The molecule has 2 aromatic heterocycles. The topological polar surface area (TPSA) is 75.4 Å². The summed E-state index contributed by atoms with van der Waals surface area (Å²) in [5.74, 6) is 1.88. The van der Waals surface area contributed by atoms with Crippen LogP contribution in [0.5, 0.6) is 0 Å². The Morgan fingerprint density at radius 3 is 2.76 bits per heavy atom. The first-order valence-corrected chi connectivity index (χ1v) is 8.72. The molecule has 1 saturated heterocycles. The van der Waals surface area contributed by atoms with Gasteiger partial charge in [-0.2, -0.15) is 0 Å². The van der Waals surface area contributed by atoms with Crippen molar-refractivity contribution in [3.8, 4) is 0 Å². The molecular formula is C18H25N5O2. The molecule has 2 aromatic rings. The van der Waals surface area contributed by atoms with Gasteiger partial charge in [-0.3, -0.25) is 9.78 Å². The van der Waals surface area contributed by atoms with Gasteiger partial charge in [-0.25, -0.2) is 9.97 Å². The number of oxazole rings is 1. The molecule has 1 atom stereocenters. The zero-order valence-electron chi connectivity index (χ0n) is 15.1. The number of carbonyl (C=O) groups excluding carboxylic acids is 1. The minimum Gasteiger partial charge on any atom is -0.448 e. The molecule has 1 amide bonds. The zero-order valence-corrected chi connectivity index (χ0v) is 15.1. The number of carbonyl (C=O) groups is 1. The summed E-state index contributed by atoms with van der Waals surface area (Å²) in [6, 6.07) is 0. The third-order valence-electron chi connectivity index (χ3n) is 4.62. The number of rotatable bonds is 4. The molecule has 0 aromatic carbocycles. The summed E-state index contributed by atoms with van der Waals surface area (Å²) < 4.78 is 5.16. The molecule has 7 heteroatoms. The van der Waals surface area contributed by atoms with Gasteiger partial charge in [0.25, 0.3) is 5.91 Å². The molecule has 7 nitrogen and oxygen atoms in total. The summed E-state index contributed by atoms with van der Waals surface area (Å²) in [6.07, 6.45) is 9.10. The second-order valence-electron chi connectivity index (χ2n) is 6.81. The number of aromatic nitrogens is 3. The molecule has 0 unspecified atom stereocenters. The van der Waals surface area contributed by atoms with Crippen LogP contribution in [0.4, 0.5) is 5.82 Å². The Morgan fingerprint density at radius 2 is 2.12 bits per heavy atom. The van der Waals surface area contributed by atoms with Crippen LogP contribution in [0.25, 0.3) is 0 Å². The fourth-order valence-corrected chi connectivity index (χ4v) is 3.18. The highest BCUT2D eigenvalue weighted by Gasteiger charge is 2.23. The van der Waals surface area contributed by atoms with Gasteiger partial charge >= 0.3 is 0 Å². The van der Waals surface area contributed by atoms with Crippen LogP contribution >= 0.6 is 0 Å². The molecule has 0 N–H and O–H groups in total. The van der Waals surface area contributed by atoms with Gasteiger partial charge in [0.05, 0.1) is 18.1 Å².